The number of carboxylic acids is 2. The van der Waals surface area contributed by atoms with Crippen LogP contribution in [0.15, 0.2) is 36.4 Å². The Morgan fingerprint density at radius 3 is 2.30 bits per heavy atom. The van der Waals surface area contributed by atoms with Crippen molar-refractivity contribution in [3.8, 4) is 10.7 Å². The maximum Gasteiger partial charge on any atom is 0.345 e. The molecule has 0 aliphatic heterocycles. The van der Waals surface area contributed by atoms with Gasteiger partial charge in [-0.3, -0.25) is 0 Å². The number of carbonyl (C=O) groups is 2. The minimum absolute atomic E-state index is 0.204. The molecule has 27 heavy (non-hydrogen) atoms. The monoisotopic (exact) mass is 383 g/mol. The number of rotatable bonds is 6. The summed E-state index contributed by atoms with van der Waals surface area (Å²) in [7, 11) is 0. The summed E-state index contributed by atoms with van der Waals surface area (Å²) in [5, 5.41) is 21.3. The summed E-state index contributed by atoms with van der Waals surface area (Å²) < 4.78 is 0. The van der Waals surface area contributed by atoms with E-state index in [1.807, 2.05) is 13.8 Å². The summed E-state index contributed by atoms with van der Waals surface area (Å²) in [6, 6.07) is 9.61. The van der Waals surface area contributed by atoms with Crippen molar-refractivity contribution in [2.75, 3.05) is 5.32 Å². The summed E-state index contributed by atoms with van der Waals surface area (Å²) in [4.78, 5) is 32.1. The summed E-state index contributed by atoms with van der Waals surface area (Å²) in [5.41, 5.74) is 2.65. The van der Waals surface area contributed by atoms with Gasteiger partial charge in [0.1, 0.15) is 10.7 Å². The number of aromatic nitrogens is 2. The number of hydrogen-bond acceptors (Lipinski definition) is 6. The molecule has 7 nitrogen and oxygen atoms in total. The number of benzene rings is 1. The van der Waals surface area contributed by atoms with E-state index in [0.717, 1.165) is 22.6 Å². The van der Waals surface area contributed by atoms with Crippen molar-refractivity contribution in [2.45, 2.75) is 20.3 Å². The van der Waals surface area contributed by atoms with Gasteiger partial charge in [0, 0.05) is 16.9 Å². The third kappa shape index (κ3) is 3.95. The Kier molecular flexibility index (Phi) is 5.18. The highest BCUT2D eigenvalue weighted by Gasteiger charge is 2.15. The molecule has 1 aromatic carbocycles. The van der Waals surface area contributed by atoms with E-state index in [0.29, 0.717) is 28.6 Å². The zero-order valence-corrected chi connectivity index (χ0v) is 15.5. The standard InChI is InChI=1S/C19H17N3O4S/c1-3-13-10(2)20-17(14-8-9-15(27-14)19(25)26)22-16(13)21-12-6-4-11(5-7-12)18(23)24/h4-9H,3H2,1-2H3,(H,23,24)(H,25,26)(H,20,21,22). The normalized spacial score (nSPS) is 10.6. The van der Waals surface area contributed by atoms with Crippen molar-refractivity contribution < 1.29 is 19.8 Å². The first-order valence-corrected chi connectivity index (χ1v) is 9.02. The van der Waals surface area contributed by atoms with Crippen LogP contribution in [-0.4, -0.2) is 32.1 Å². The summed E-state index contributed by atoms with van der Waals surface area (Å²) in [5.74, 6) is -0.895. The summed E-state index contributed by atoms with van der Waals surface area (Å²) in [6.07, 6.45) is 0.715. The molecule has 0 unspecified atom stereocenters. The van der Waals surface area contributed by atoms with Crippen LogP contribution in [-0.2, 0) is 6.42 Å². The van der Waals surface area contributed by atoms with E-state index in [2.05, 4.69) is 15.3 Å². The van der Waals surface area contributed by atoms with E-state index in [4.69, 9.17) is 10.2 Å². The molecule has 3 rings (SSSR count). The lowest BCUT2D eigenvalue weighted by molar-refractivity contribution is 0.0688. The first-order valence-electron chi connectivity index (χ1n) is 8.20. The Morgan fingerprint density at radius 2 is 1.74 bits per heavy atom. The molecule has 0 atom stereocenters. The maximum atomic E-state index is 11.1. The van der Waals surface area contributed by atoms with E-state index in [1.165, 1.54) is 18.2 Å². The maximum absolute atomic E-state index is 11.1. The van der Waals surface area contributed by atoms with Gasteiger partial charge in [0.05, 0.1) is 10.4 Å². The van der Waals surface area contributed by atoms with Gasteiger partial charge in [0.2, 0.25) is 0 Å². The average Bonchev–Trinajstić information content (AvgIpc) is 3.12. The molecule has 138 valence electrons. The van der Waals surface area contributed by atoms with Crippen LogP contribution >= 0.6 is 11.3 Å². The predicted molar refractivity (Wildman–Crippen MR) is 103 cm³/mol. The average molecular weight is 383 g/mol. The van der Waals surface area contributed by atoms with Gasteiger partial charge >= 0.3 is 11.9 Å². The van der Waals surface area contributed by atoms with Crippen LogP contribution < -0.4 is 5.32 Å². The molecule has 0 radical (unpaired) electrons. The zero-order chi connectivity index (χ0) is 19.6. The van der Waals surface area contributed by atoms with Crippen molar-refractivity contribution in [3.63, 3.8) is 0 Å². The second-order valence-corrected chi connectivity index (χ2v) is 6.87. The third-order valence-corrected chi connectivity index (χ3v) is 5.07. The predicted octanol–water partition coefficient (Wildman–Crippen LogP) is 4.22. The van der Waals surface area contributed by atoms with Crippen molar-refractivity contribution in [3.05, 3.63) is 58.1 Å². The SMILES string of the molecule is CCc1c(C)nc(-c2ccc(C(=O)O)s2)nc1Nc1ccc(C(=O)O)cc1. The number of thiophene rings is 1. The molecule has 8 heteroatoms. The number of hydrogen-bond donors (Lipinski definition) is 3. The van der Waals surface area contributed by atoms with Gasteiger partial charge in [-0.25, -0.2) is 19.6 Å². The molecule has 2 aromatic heterocycles. The van der Waals surface area contributed by atoms with Crippen LogP contribution in [0, 0.1) is 6.92 Å². The fraction of sp³-hybridized carbons (Fsp3) is 0.158. The Morgan fingerprint density at radius 1 is 1.04 bits per heavy atom. The number of anilines is 2. The second kappa shape index (κ2) is 7.55. The first-order chi connectivity index (χ1) is 12.9. The van der Waals surface area contributed by atoms with Gasteiger partial charge < -0.3 is 15.5 Å². The minimum Gasteiger partial charge on any atom is -0.478 e. The van der Waals surface area contributed by atoms with Gasteiger partial charge in [-0.05, 0) is 49.7 Å². The molecule has 3 N–H and O–H groups in total. The third-order valence-electron chi connectivity index (χ3n) is 4.00. The number of carboxylic acid groups (broad SMARTS) is 2. The molecule has 0 saturated carbocycles. The smallest absolute Gasteiger partial charge is 0.345 e. The van der Waals surface area contributed by atoms with Crippen molar-refractivity contribution >= 4 is 34.8 Å². The van der Waals surface area contributed by atoms with E-state index in [-0.39, 0.29) is 10.4 Å². The second-order valence-electron chi connectivity index (χ2n) is 5.79. The highest BCUT2D eigenvalue weighted by atomic mass is 32.1. The first kappa shape index (κ1) is 18.5. The molecular formula is C19H17N3O4S. The number of aromatic carboxylic acids is 2. The van der Waals surface area contributed by atoms with E-state index in [1.54, 1.807) is 18.2 Å². The lowest BCUT2D eigenvalue weighted by atomic mass is 10.1. The highest BCUT2D eigenvalue weighted by Crippen LogP contribution is 2.29. The Labute approximate surface area is 159 Å². The molecule has 3 aromatic rings. The number of aryl methyl sites for hydroxylation is 1. The van der Waals surface area contributed by atoms with Crippen molar-refractivity contribution in [1.29, 1.82) is 0 Å². The Bertz CT molecular complexity index is 1010. The summed E-state index contributed by atoms with van der Waals surface area (Å²) in [6.45, 7) is 3.88. The van der Waals surface area contributed by atoms with Crippen LogP contribution in [0.3, 0.4) is 0 Å². The molecule has 2 heterocycles. The van der Waals surface area contributed by atoms with Crippen LogP contribution in [0.2, 0.25) is 0 Å². The van der Waals surface area contributed by atoms with Gasteiger partial charge in [0.25, 0.3) is 0 Å². The molecule has 0 saturated heterocycles. The highest BCUT2D eigenvalue weighted by molar-refractivity contribution is 7.17. The quantitative estimate of drug-likeness (QED) is 0.584. The van der Waals surface area contributed by atoms with Crippen LogP contribution in [0.1, 0.15) is 38.2 Å². The topological polar surface area (TPSA) is 112 Å². The van der Waals surface area contributed by atoms with Gasteiger partial charge in [0.15, 0.2) is 5.82 Å². The minimum atomic E-state index is -0.983. The van der Waals surface area contributed by atoms with Gasteiger partial charge in [-0.15, -0.1) is 11.3 Å². The molecule has 0 amide bonds. The lowest BCUT2D eigenvalue weighted by Crippen LogP contribution is -2.05. The molecular weight excluding hydrogens is 366 g/mol. The van der Waals surface area contributed by atoms with Crippen LogP contribution in [0.4, 0.5) is 11.5 Å². The van der Waals surface area contributed by atoms with E-state index in [9.17, 15) is 9.59 Å². The van der Waals surface area contributed by atoms with E-state index >= 15 is 0 Å². The largest absolute Gasteiger partial charge is 0.478 e. The van der Waals surface area contributed by atoms with Crippen molar-refractivity contribution in [2.24, 2.45) is 0 Å². The fourth-order valence-corrected chi connectivity index (χ4v) is 3.42. The van der Waals surface area contributed by atoms with Gasteiger partial charge in [-0.2, -0.15) is 0 Å². The number of nitrogens with one attached hydrogen (secondary N) is 1. The van der Waals surface area contributed by atoms with Crippen LogP contribution in [0.5, 0.6) is 0 Å². The number of nitrogens with zero attached hydrogens (tertiary/aromatic N) is 2. The lowest BCUT2D eigenvalue weighted by Gasteiger charge is -2.13. The fourth-order valence-electron chi connectivity index (χ4n) is 2.64. The molecule has 0 spiro atoms. The van der Waals surface area contributed by atoms with Crippen LogP contribution in [0.25, 0.3) is 10.7 Å². The zero-order valence-electron chi connectivity index (χ0n) is 14.7. The molecule has 0 fully saturated rings. The molecule has 0 aliphatic rings. The van der Waals surface area contributed by atoms with E-state index < -0.39 is 11.9 Å². The molecule has 0 bridgehead atoms. The molecule has 0 aliphatic carbocycles. The Hall–Kier alpha value is -3.26. The Balaban J connectivity index is 1.98. The van der Waals surface area contributed by atoms with Gasteiger partial charge in [-0.1, -0.05) is 6.92 Å². The van der Waals surface area contributed by atoms with Crippen molar-refractivity contribution in [1.82, 2.24) is 9.97 Å². The summed E-state index contributed by atoms with van der Waals surface area (Å²) >= 11 is 1.12.